The Kier molecular flexibility index (Phi) is 4.74. The smallest absolute Gasteiger partial charge is 0.255 e. The monoisotopic (exact) mass is 367 g/mol. The van der Waals surface area contributed by atoms with Crippen LogP contribution in [0.2, 0.25) is 0 Å². The molecule has 0 atom stereocenters. The molecule has 4 heteroatoms. The lowest BCUT2D eigenvalue weighted by Gasteiger charge is -2.08. The van der Waals surface area contributed by atoms with Crippen LogP contribution in [-0.2, 0) is 0 Å². The van der Waals surface area contributed by atoms with Gasteiger partial charge in [-0.3, -0.25) is 4.79 Å². The van der Waals surface area contributed by atoms with Gasteiger partial charge in [-0.1, -0.05) is 40.2 Å². The Morgan fingerprint density at radius 2 is 1.52 bits per heavy atom. The Labute approximate surface area is 143 Å². The highest BCUT2D eigenvalue weighted by molar-refractivity contribution is 9.10. The predicted octanol–water partition coefficient (Wildman–Crippen LogP) is 5.49. The average Bonchev–Trinajstić information content (AvgIpc) is 2.57. The molecule has 0 unspecified atom stereocenters. The van der Waals surface area contributed by atoms with Crippen molar-refractivity contribution in [2.75, 3.05) is 5.32 Å². The van der Waals surface area contributed by atoms with Crippen molar-refractivity contribution in [2.24, 2.45) is 0 Å². The van der Waals surface area contributed by atoms with Crippen LogP contribution in [0.4, 0.5) is 5.69 Å². The van der Waals surface area contributed by atoms with Crippen molar-refractivity contribution in [3.63, 3.8) is 0 Å². The van der Waals surface area contributed by atoms with Crippen molar-refractivity contribution in [1.29, 1.82) is 0 Å². The van der Waals surface area contributed by atoms with Crippen molar-refractivity contribution in [1.82, 2.24) is 0 Å². The van der Waals surface area contributed by atoms with E-state index in [-0.39, 0.29) is 5.91 Å². The van der Waals surface area contributed by atoms with E-state index in [2.05, 4.69) is 21.2 Å². The molecule has 3 aromatic carbocycles. The molecule has 0 aliphatic heterocycles. The highest BCUT2D eigenvalue weighted by Crippen LogP contribution is 2.23. The molecule has 3 nitrogen and oxygen atoms in total. The molecule has 0 heterocycles. The van der Waals surface area contributed by atoms with Gasteiger partial charge < -0.3 is 10.1 Å². The van der Waals surface area contributed by atoms with E-state index in [1.54, 1.807) is 12.1 Å². The normalized spacial score (nSPS) is 10.1. The Hall–Kier alpha value is -2.59. The zero-order chi connectivity index (χ0) is 16.1. The molecule has 3 aromatic rings. The SMILES string of the molecule is O=C(Nc1ccc(Oc2ccccc2)cc1)c1cccc(Br)c1. The van der Waals surface area contributed by atoms with Crippen LogP contribution in [-0.4, -0.2) is 5.91 Å². The summed E-state index contributed by atoms with van der Waals surface area (Å²) in [5.41, 5.74) is 1.32. The maximum atomic E-state index is 12.2. The third kappa shape index (κ3) is 4.20. The lowest BCUT2D eigenvalue weighted by molar-refractivity contribution is 0.102. The van der Waals surface area contributed by atoms with Crippen LogP contribution >= 0.6 is 15.9 Å². The quantitative estimate of drug-likeness (QED) is 0.661. The largest absolute Gasteiger partial charge is 0.457 e. The summed E-state index contributed by atoms with van der Waals surface area (Å²) in [5, 5.41) is 2.86. The molecule has 3 rings (SSSR count). The van der Waals surface area contributed by atoms with Gasteiger partial charge in [-0.2, -0.15) is 0 Å². The number of ether oxygens (including phenoxy) is 1. The molecule has 0 saturated carbocycles. The second-order valence-corrected chi connectivity index (χ2v) is 5.82. The Bertz CT molecular complexity index is 801. The van der Waals surface area contributed by atoms with E-state index in [9.17, 15) is 4.79 Å². The van der Waals surface area contributed by atoms with Crippen LogP contribution in [0.5, 0.6) is 11.5 Å². The maximum Gasteiger partial charge on any atom is 0.255 e. The van der Waals surface area contributed by atoms with Crippen LogP contribution < -0.4 is 10.1 Å². The lowest BCUT2D eigenvalue weighted by atomic mass is 10.2. The van der Waals surface area contributed by atoms with Crippen molar-refractivity contribution < 1.29 is 9.53 Å². The van der Waals surface area contributed by atoms with E-state index >= 15 is 0 Å². The van der Waals surface area contributed by atoms with Gasteiger partial charge in [-0.25, -0.2) is 0 Å². The number of nitrogens with one attached hydrogen (secondary N) is 1. The number of hydrogen-bond donors (Lipinski definition) is 1. The van der Waals surface area contributed by atoms with E-state index in [1.165, 1.54) is 0 Å². The van der Waals surface area contributed by atoms with Gasteiger partial charge in [0.2, 0.25) is 0 Å². The minimum absolute atomic E-state index is 0.150. The molecule has 0 saturated heterocycles. The second kappa shape index (κ2) is 7.11. The average molecular weight is 368 g/mol. The van der Waals surface area contributed by atoms with E-state index in [1.807, 2.05) is 66.7 Å². The molecule has 114 valence electrons. The predicted molar refractivity (Wildman–Crippen MR) is 95.1 cm³/mol. The van der Waals surface area contributed by atoms with E-state index in [4.69, 9.17) is 4.74 Å². The van der Waals surface area contributed by atoms with Crippen LogP contribution in [0.3, 0.4) is 0 Å². The number of amides is 1. The summed E-state index contributed by atoms with van der Waals surface area (Å²) in [6, 6.07) is 24.1. The van der Waals surface area contributed by atoms with E-state index in [0.717, 1.165) is 21.7 Å². The van der Waals surface area contributed by atoms with Gasteiger partial charge in [0, 0.05) is 15.7 Å². The lowest BCUT2D eigenvalue weighted by Crippen LogP contribution is -2.11. The summed E-state index contributed by atoms with van der Waals surface area (Å²) in [7, 11) is 0. The zero-order valence-corrected chi connectivity index (χ0v) is 13.8. The number of carbonyl (C=O) groups excluding carboxylic acids is 1. The van der Waals surface area contributed by atoms with Crippen molar-refractivity contribution in [3.05, 3.63) is 88.9 Å². The van der Waals surface area contributed by atoms with Gasteiger partial charge in [0.05, 0.1) is 0 Å². The molecule has 0 aromatic heterocycles. The molecule has 23 heavy (non-hydrogen) atoms. The molecule has 0 aliphatic carbocycles. The standard InChI is InChI=1S/C19H14BrNO2/c20-15-6-4-5-14(13-15)19(22)21-16-9-11-18(12-10-16)23-17-7-2-1-3-8-17/h1-13H,(H,21,22). The molecule has 0 bridgehead atoms. The van der Waals surface area contributed by atoms with Crippen molar-refractivity contribution in [2.45, 2.75) is 0 Å². The van der Waals surface area contributed by atoms with E-state index < -0.39 is 0 Å². The minimum Gasteiger partial charge on any atom is -0.457 e. The van der Waals surface area contributed by atoms with Crippen LogP contribution in [0.25, 0.3) is 0 Å². The van der Waals surface area contributed by atoms with Gasteiger partial charge in [-0.15, -0.1) is 0 Å². The Balaban J connectivity index is 1.67. The van der Waals surface area contributed by atoms with Crippen LogP contribution in [0.15, 0.2) is 83.3 Å². The van der Waals surface area contributed by atoms with Gasteiger partial charge in [0.1, 0.15) is 11.5 Å². The fourth-order valence-corrected chi connectivity index (χ4v) is 2.46. The van der Waals surface area contributed by atoms with E-state index in [0.29, 0.717) is 5.56 Å². The Morgan fingerprint density at radius 1 is 0.826 bits per heavy atom. The highest BCUT2D eigenvalue weighted by Gasteiger charge is 2.06. The summed E-state index contributed by atoms with van der Waals surface area (Å²) in [6.07, 6.45) is 0. The Morgan fingerprint density at radius 3 is 2.22 bits per heavy atom. The summed E-state index contributed by atoms with van der Waals surface area (Å²) in [5.74, 6) is 1.35. The van der Waals surface area contributed by atoms with Gasteiger partial charge in [0.25, 0.3) is 5.91 Å². The van der Waals surface area contributed by atoms with Gasteiger partial charge in [-0.05, 0) is 54.6 Å². The summed E-state index contributed by atoms with van der Waals surface area (Å²) in [4.78, 5) is 12.2. The maximum absolute atomic E-state index is 12.2. The van der Waals surface area contributed by atoms with Crippen LogP contribution in [0, 0.1) is 0 Å². The number of benzene rings is 3. The molecule has 0 aliphatic rings. The number of hydrogen-bond acceptors (Lipinski definition) is 2. The minimum atomic E-state index is -0.150. The molecule has 0 spiro atoms. The van der Waals surface area contributed by atoms with Crippen molar-refractivity contribution >= 4 is 27.5 Å². The number of rotatable bonds is 4. The van der Waals surface area contributed by atoms with Crippen molar-refractivity contribution in [3.8, 4) is 11.5 Å². The molecule has 0 radical (unpaired) electrons. The second-order valence-electron chi connectivity index (χ2n) is 4.90. The fraction of sp³-hybridized carbons (Fsp3) is 0. The third-order valence-electron chi connectivity index (χ3n) is 3.18. The summed E-state index contributed by atoms with van der Waals surface area (Å²) in [6.45, 7) is 0. The topological polar surface area (TPSA) is 38.3 Å². The highest BCUT2D eigenvalue weighted by atomic mass is 79.9. The number of halogens is 1. The molecular formula is C19H14BrNO2. The molecule has 1 amide bonds. The number of anilines is 1. The first-order valence-electron chi connectivity index (χ1n) is 7.10. The fourth-order valence-electron chi connectivity index (χ4n) is 2.06. The summed E-state index contributed by atoms with van der Waals surface area (Å²) >= 11 is 3.36. The van der Waals surface area contributed by atoms with Gasteiger partial charge >= 0.3 is 0 Å². The first-order valence-corrected chi connectivity index (χ1v) is 7.90. The summed E-state index contributed by atoms with van der Waals surface area (Å²) < 4.78 is 6.59. The van der Waals surface area contributed by atoms with Crippen LogP contribution in [0.1, 0.15) is 10.4 Å². The zero-order valence-electron chi connectivity index (χ0n) is 12.2. The first-order chi connectivity index (χ1) is 11.2. The van der Waals surface area contributed by atoms with Gasteiger partial charge in [0.15, 0.2) is 0 Å². The number of para-hydroxylation sites is 1. The third-order valence-corrected chi connectivity index (χ3v) is 3.67. The molecule has 1 N–H and O–H groups in total. The number of carbonyl (C=O) groups is 1. The molecule has 0 fully saturated rings. The first kappa shape index (κ1) is 15.3. The molecular weight excluding hydrogens is 354 g/mol.